The van der Waals surface area contributed by atoms with Crippen molar-refractivity contribution in [3.8, 4) is 0 Å². The van der Waals surface area contributed by atoms with E-state index in [1.165, 1.54) is 0 Å². The molecule has 0 atom stereocenters. The van der Waals surface area contributed by atoms with Crippen LogP contribution in [0.25, 0.3) is 0 Å². The van der Waals surface area contributed by atoms with Gasteiger partial charge in [0.05, 0.1) is 5.70 Å². The van der Waals surface area contributed by atoms with Crippen LogP contribution in [0.2, 0.25) is 0 Å². The van der Waals surface area contributed by atoms with Crippen molar-refractivity contribution in [3.63, 3.8) is 0 Å². The first kappa shape index (κ1) is 20.0. The molecule has 1 rings (SSSR count). The minimum absolute atomic E-state index is 0.0724. The molecule has 0 amide bonds. The highest BCUT2D eigenvalue weighted by Crippen LogP contribution is 2.30. The van der Waals surface area contributed by atoms with E-state index in [1.54, 1.807) is 13.0 Å². The molecule has 1 aliphatic carbocycles. The summed E-state index contributed by atoms with van der Waals surface area (Å²) in [7, 11) is 0. The molecule has 3 heteroatoms. The number of hydrogen-bond acceptors (Lipinski definition) is 1. The molecule has 24 heavy (non-hydrogen) atoms. The number of allylic oxidation sites excluding steroid dienone is 10. The second-order valence-corrected chi connectivity index (χ2v) is 6.31. The second kappa shape index (κ2) is 8.18. The summed E-state index contributed by atoms with van der Waals surface area (Å²) in [6, 6.07) is 0. The quantitative estimate of drug-likeness (QED) is 0.378. The zero-order valence-electron chi connectivity index (χ0n) is 15.5. The van der Waals surface area contributed by atoms with Crippen molar-refractivity contribution in [1.82, 2.24) is 0 Å². The van der Waals surface area contributed by atoms with Gasteiger partial charge in [-0.1, -0.05) is 36.5 Å². The van der Waals surface area contributed by atoms with Crippen LogP contribution >= 0.6 is 0 Å². The number of rotatable bonds is 6. The van der Waals surface area contributed by atoms with Crippen LogP contribution in [0.15, 0.2) is 75.5 Å². The molecule has 0 aliphatic heterocycles. The third-order valence-electron chi connectivity index (χ3n) is 3.74. The van der Waals surface area contributed by atoms with Gasteiger partial charge in [0, 0.05) is 18.2 Å². The summed E-state index contributed by atoms with van der Waals surface area (Å²) in [6.45, 7) is 13.9. The Kier molecular flexibility index (Phi) is 6.82. The molecule has 0 aromatic rings. The van der Waals surface area contributed by atoms with Gasteiger partial charge in [0.15, 0.2) is 0 Å². The predicted octanol–water partition coefficient (Wildman–Crippen LogP) is 6.73. The first-order chi connectivity index (χ1) is 11.1. The molecule has 1 aliphatic rings. The lowest BCUT2D eigenvalue weighted by atomic mass is 9.98. The van der Waals surface area contributed by atoms with Gasteiger partial charge in [-0.25, -0.2) is 8.78 Å². The maximum Gasteiger partial charge on any atom is 0.272 e. The molecule has 0 aromatic carbocycles. The van der Waals surface area contributed by atoms with Crippen LogP contribution in [0.4, 0.5) is 8.78 Å². The van der Waals surface area contributed by atoms with E-state index in [9.17, 15) is 8.78 Å². The molecular formula is C21H27F2N. The molecule has 0 heterocycles. The van der Waals surface area contributed by atoms with E-state index in [1.807, 2.05) is 52.0 Å². The van der Waals surface area contributed by atoms with Crippen molar-refractivity contribution >= 4 is 5.71 Å². The van der Waals surface area contributed by atoms with E-state index in [4.69, 9.17) is 0 Å². The summed E-state index contributed by atoms with van der Waals surface area (Å²) in [4.78, 5) is 4.44. The third-order valence-corrected chi connectivity index (χ3v) is 3.74. The molecule has 0 saturated carbocycles. The lowest BCUT2D eigenvalue weighted by Crippen LogP contribution is -2.20. The number of alkyl halides is 2. The highest BCUT2D eigenvalue weighted by molar-refractivity contribution is 6.01. The monoisotopic (exact) mass is 331 g/mol. The van der Waals surface area contributed by atoms with Crippen molar-refractivity contribution in [1.29, 1.82) is 0 Å². The molecule has 130 valence electrons. The van der Waals surface area contributed by atoms with Crippen molar-refractivity contribution < 1.29 is 8.78 Å². The predicted molar refractivity (Wildman–Crippen MR) is 101 cm³/mol. The molecule has 0 radical (unpaired) electrons. The zero-order valence-corrected chi connectivity index (χ0v) is 15.5. The fraction of sp³-hybridized carbons (Fsp3) is 0.381. The summed E-state index contributed by atoms with van der Waals surface area (Å²) in [5.74, 6) is -2.98. The number of hydrogen-bond donors (Lipinski definition) is 0. The van der Waals surface area contributed by atoms with E-state index < -0.39 is 5.92 Å². The van der Waals surface area contributed by atoms with Crippen LogP contribution in [0.3, 0.4) is 0 Å². The summed E-state index contributed by atoms with van der Waals surface area (Å²) >= 11 is 0. The molecule has 0 saturated heterocycles. The Morgan fingerprint density at radius 2 is 1.88 bits per heavy atom. The topological polar surface area (TPSA) is 12.4 Å². The standard InChI is InChI=1S/C21H27F2N/c1-8-17(18-11-9-10-12-18)13-19(21(7,22)23)16(6)24-20(14(2)3)15(4)5/h8-9,11-13H,2,10H2,1,3-7H3/b17-8+,19-13+,24-16?. The van der Waals surface area contributed by atoms with Crippen LogP contribution in [0.1, 0.15) is 48.0 Å². The highest BCUT2D eigenvalue weighted by atomic mass is 19.3. The minimum atomic E-state index is -2.98. The molecule has 0 spiro atoms. The Bertz CT molecular complexity index is 686. The number of aliphatic imine (C=N–C) groups is 1. The first-order valence-electron chi connectivity index (χ1n) is 8.10. The van der Waals surface area contributed by atoms with Gasteiger partial charge >= 0.3 is 0 Å². The van der Waals surface area contributed by atoms with E-state index in [2.05, 4.69) is 11.6 Å². The van der Waals surface area contributed by atoms with E-state index in [0.29, 0.717) is 11.4 Å². The molecule has 0 N–H and O–H groups in total. The van der Waals surface area contributed by atoms with Crippen LogP contribution in [-0.4, -0.2) is 11.6 Å². The Labute approximate surface area is 144 Å². The lowest BCUT2D eigenvalue weighted by molar-refractivity contribution is 0.0700. The highest BCUT2D eigenvalue weighted by Gasteiger charge is 2.30. The fourth-order valence-electron chi connectivity index (χ4n) is 2.57. The molecule has 0 unspecified atom stereocenters. The van der Waals surface area contributed by atoms with Gasteiger partial charge in [-0.15, -0.1) is 0 Å². The van der Waals surface area contributed by atoms with Crippen LogP contribution in [0, 0.1) is 0 Å². The van der Waals surface area contributed by atoms with Gasteiger partial charge in [-0.2, -0.15) is 0 Å². The van der Waals surface area contributed by atoms with Gasteiger partial charge < -0.3 is 0 Å². The Hall–Kier alpha value is -2.03. The molecule has 0 bridgehead atoms. The summed E-state index contributed by atoms with van der Waals surface area (Å²) < 4.78 is 28.4. The van der Waals surface area contributed by atoms with Crippen molar-refractivity contribution in [2.45, 2.75) is 53.9 Å². The molecule has 1 nitrogen and oxygen atoms in total. The van der Waals surface area contributed by atoms with E-state index in [-0.39, 0.29) is 5.57 Å². The zero-order chi connectivity index (χ0) is 18.5. The van der Waals surface area contributed by atoms with Crippen LogP contribution < -0.4 is 0 Å². The van der Waals surface area contributed by atoms with Gasteiger partial charge in [-0.3, -0.25) is 4.99 Å². The average Bonchev–Trinajstić information content (AvgIpc) is 2.97. The Balaban J connectivity index is 3.43. The Morgan fingerprint density at radius 1 is 1.25 bits per heavy atom. The van der Waals surface area contributed by atoms with Gasteiger partial charge in [0.25, 0.3) is 5.92 Å². The van der Waals surface area contributed by atoms with Gasteiger partial charge in [0.1, 0.15) is 0 Å². The maximum atomic E-state index is 14.2. The molecule has 0 aromatic heterocycles. The molecular weight excluding hydrogens is 304 g/mol. The summed E-state index contributed by atoms with van der Waals surface area (Å²) in [5, 5.41) is 0. The Morgan fingerprint density at radius 3 is 2.25 bits per heavy atom. The minimum Gasteiger partial charge on any atom is -0.253 e. The first-order valence-corrected chi connectivity index (χ1v) is 8.10. The van der Waals surface area contributed by atoms with E-state index >= 15 is 0 Å². The van der Waals surface area contributed by atoms with Crippen molar-refractivity contribution in [2.75, 3.05) is 0 Å². The largest absolute Gasteiger partial charge is 0.272 e. The SMILES string of the molecule is C=C(C)C(N=C(C)/C(=C\C(=C/C)C1=CCC=C1)C(C)(F)F)=C(C)C. The van der Waals surface area contributed by atoms with E-state index in [0.717, 1.165) is 35.6 Å². The summed E-state index contributed by atoms with van der Waals surface area (Å²) in [6.07, 6.45) is 10.2. The van der Waals surface area contributed by atoms with Crippen molar-refractivity contribution in [3.05, 3.63) is 70.5 Å². The van der Waals surface area contributed by atoms with Crippen molar-refractivity contribution in [2.24, 2.45) is 4.99 Å². The smallest absolute Gasteiger partial charge is 0.253 e. The fourth-order valence-corrected chi connectivity index (χ4v) is 2.57. The lowest BCUT2D eigenvalue weighted by Gasteiger charge is -2.17. The van der Waals surface area contributed by atoms with Gasteiger partial charge in [0.2, 0.25) is 0 Å². The third kappa shape index (κ3) is 5.26. The van der Waals surface area contributed by atoms with Crippen LogP contribution in [-0.2, 0) is 0 Å². The number of halogens is 2. The van der Waals surface area contributed by atoms with Gasteiger partial charge in [-0.05, 0) is 63.8 Å². The second-order valence-electron chi connectivity index (χ2n) is 6.31. The average molecular weight is 331 g/mol. The maximum absolute atomic E-state index is 14.2. The summed E-state index contributed by atoms with van der Waals surface area (Å²) in [5.41, 5.74) is 4.37. The molecule has 0 fully saturated rings. The number of nitrogens with zero attached hydrogens (tertiary/aromatic N) is 1. The van der Waals surface area contributed by atoms with Crippen LogP contribution in [0.5, 0.6) is 0 Å². The normalized spacial score (nSPS) is 16.3.